The van der Waals surface area contributed by atoms with Crippen LogP contribution in [0.4, 0.5) is 20.3 Å². The molecule has 1 aliphatic heterocycles. The van der Waals surface area contributed by atoms with Crippen molar-refractivity contribution in [2.45, 2.75) is 46.2 Å². The molecule has 9 heteroatoms. The molecular formula is C22H26F2N6O. The van der Waals surface area contributed by atoms with Gasteiger partial charge in [0, 0.05) is 67.8 Å². The monoisotopic (exact) mass is 428 g/mol. The van der Waals surface area contributed by atoms with Gasteiger partial charge in [-0.25, -0.2) is 8.78 Å². The van der Waals surface area contributed by atoms with Gasteiger partial charge >= 0.3 is 0 Å². The van der Waals surface area contributed by atoms with E-state index in [1.54, 1.807) is 48.1 Å². The predicted molar refractivity (Wildman–Crippen MR) is 114 cm³/mol. The number of fused-ring (bicyclic) bond motifs is 1. The van der Waals surface area contributed by atoms with Gasteiger partial charge in [0.15, 0.2) is 5.82 Å². The van der Waals surface area contributed by atoms with Gasteiger partial charge in [-0.15, -0.1) is 0 Å². The number of hydrogen-bond donors (Lipinski definition) is 1. The molecule has 1 aliphatic rings. The SMILES string of the molecule is CCCn1nc(Nc2ccc(-c3cnn(C)c3)c(C(F)F)c2)c2c1CCN(C(C)=O)C2. The van der Waals surface area contributed by atoms with Crippen LogP contribution in [-0.2, 0) is 31.4 Å². The van der Waals surface area contributed by atoms with Crippen LogP contribution in [0.15, 0.2) is 30.6 Å². The number of benzene rings is 1. The van der Waals surface area contributed by atoms with E-state index in [1.807, 2.05) is 4.68 Å². The van der Waals surface area contributed by atoms with Crippen LogP contribution >= 0.6 is 0 Å². The highest BCUT2D eigenvalue weighted by Crippen LogP contribution is 2.35. The summed E-state index contributed by atoms with van der Waals surface area (Å²) in [6.45, 7) is 5.53. The molecule has 31 heavy (non-hydrogen) atoms. The Bertz CT molecular complexity index is 1100. The topological polar surface area (TPSA) is 68.0 Å². The minimum atomic E-state index is -2.63. The zero-order chi connectivity index (χ0) is 22.1. The summed E-state index contributed by atoms with van der Waals surface area (Å²) in [6.07, 6.45) is 2.32. The van der Waals surface area contributed by atoms with Crippen LogP contribution in [-0.4, -0.2) is 36.9 Å². The Hall–Kier alpha value is -3.23. The van der Waals surface area contributed by atoms with E-state index in [-0.39, 0.29) is 11.5 Å². The lowest BCUT2D eigenvalue weighted by molar-refractivity contribution is -0.129. The Kier molecular flexibility index (Phi) is 5.75. The maximum Gasteiger partial charge on any atom is 0.264 e. The minimum Gasteiger partial charge on any atom is -0.338 e. The highest BCUT2D eigenvalue weighted by Gasteiger charge is 2.26. The van der Waals surface area contributed by atoms with Gasteiger partial charge in [0.05, 0.1) is 12.7 Å². The number of anilines is 2. The van der Waals surface area contributed by atoms with Crippen LogP contribution in [0, 0.1) is 0 Å². The Morgan fingerprint density at radius 1 is 1.32 bits per heavy atom. The van der Waals surface area contributed by atoms with Crippen LogP contribution in [0.1, 0.15) is 43.5 Å². The fourth-order valence-electron chi connectivity index (χ4n) is 4.04. The van der Waals surface area contributed by atoms with Gasteiger partial charge in [-0.1, -0.05) is 13.0 Å². The maximum atomic E-state index is 13.8. The van der Waals surface area contributed by atoms with Gasteiger partial charge in [-0.05, 0) is 24.1 Å². The molecule has 0 unspecified atom stereocenters. The molecule has 0 saturated heterocycles. The van der Waals surface area contributed by atoms with Gasteiger partial charge in [0.1, 0.15) is 0 Å². The van der Waals surface area contributed by atoms with Crippen molar-refractivity contribution in [1.82, 2.24) is 24.5 Å². The first-order valence-corrected chi connectivity index (χ1v) is 10.4. The zero-order valence-electron chi connectivity index (χ0n) is 17.9. The molecule has 2 aromatic heterocycles. The number of aromatic nitrogens is 4. The third kappa shape index (κ3) is 4.17. The molecule has 0 radical (unpaired) electrons. The molecule has 0 bridgehead atoms. The first kappa shape index (κ1) is 21.0. The van der Waals surface area contributed by atoms with Crippen LogP contribution in [0.3, 0.4) is 0 Å². The molecule has 164 valence electrons. The molecule has 0 atom stereocenters. The number of rotatable bonds is 6. The van der Waals surface area contributed by atoms with Crippen molar-refractivity contribution in [1.29, 1.82) is 0 Å². The molecule has 0 spiro atoms. The number of alkyl halides is 2. The normalized spacial score (nSPS) is 13.5. The summed E-state index contributed by atoms with van der Waals surface area (Å²) in [6, 6.07) is 4.91. The summed E-state index contributed by atoms with van der Waals surface area (Å²) in [7, 11) is 1.75. The largest absolute Gasteiger partial charge is 0.338 e. The van der Waals surface area contributed by atoms with Crippen molar-refractivity contribution in [3.8, 4) is 11.1 Å². The average molecular weight is 428 g/mol. The van der Waals surface area contributed by atoms with Crippen molar-refractivity contribution in [2.24, 2.45) is 7.05 Å². The molecule has 3 aromatic rings. The van der Waals surface area contributed by atoms with E-state index in [1.165, 1.54) is 6.07 Å². The quantitative estimate of drug-likeness (QED) is 0.636. The molecule has 0 fully saturated rings. The van der Waals surface area contributed by atoms with Crippen molar-refractivity contribution in [3.05, 3.63) is 47.4 Å². The van der Waals surface area contributed by atoms with Crippen molar-refractivity contribution >= 4 is 17.4 Å². The Morgan fingerprint density at radius 3 is 2.77 bits per heavy atom. The van der Waals surface area contributed by atoms with Gasteiger partial charge in [-0.2, -0.15) is 10.2 Å². The summed E-state index contributed by atoms with van der Waals surface area (Å²) in [5, 5.41) is 12.0. The molecule has 1 N–H and O–H groups in total. The maximum absolute atomic E-state index is 13.8. The Labute approximate surface area is 179 Å². The lowest BCUT2D eigenvalue weighted by Crippen LogP contribution is -2.34. The molecular weight excluding hydrogens is 402 g/mol. The van der Waals surface area contributed by atoms with Gasteiger partial charge in [-0.3, -0.25) is 14.2 Å². The van der Waals surface area contributed by atoms with Crippen LogP contribution in [0.25, 0.3) is 11.1 Å². The Morgan fingerprint density at radius 2 is 2.13 bits per heavy atom. The smallest absolute Gasteiger partial charge is 0.264 e. The fourth-order valence-corrected chi connectivity index (χ4v) is 4.04. The number of nitrogens with zero attached hydrogens (tertiary/aromatic N) is 5. The standard InChI is InChI=1S/C22H26F2N6O/c1-4-8-30-20-7-9-29(14(2)31)13-19(20)22(27-30)26-16-5-6-17(18(10-16)21(23)24)15-11-25-28(3)12-15/h5-6,10-12,21H,4,7-9,13H2,1-3H3,(H,26,27). The van der Waals surface area contributed by atoms with Crippen molar-refractivity contribution < 1.29 is 13.6 Å². The summed E-state index contributed by atoms with van der Waals surface area (Å²) in [5.41, 5.74) is 3.62. The fraction of sp³-hybridized carbons (Fsp3) is 0.409. The molecule has 1 aromatic carbocycles. The third-order valence-electron chi connectivity index (χ3n) is 5.58. The number of carbonyl (C=O) groups is 1. The van der Waals surface area contributed by atoms with Crippen molar-refractivity contribution in [2.75, 3.05) is 11.9 Å². The van der Waals surface area contributed by atoms with Gasteiger partial charge in [0.25, 0.3) is 6.43 Å². The predicted octanol–water partition coefficient (Wildman–Crippen LogP) is 4.28. The highest BCUT2D eigenvalue weighted by molar-refractivity contribution is 5.75. The van der Waals surface area contributed by atoms with E-state index >= 15 is 0 Å². The van der Waals surface area contributed by atoms with Crippen LogP contribution < -0.4 is 5.32 Å². The van der Waals surface area contributed by atoms with E-state index in [0.717, 1.165) is 30.6 Å². The number of amides is 1. The van der Waals surface area contributed by atoms with Crippen molar-refractivity contribution in [3.63, 3.8) is 0 Å². The lowest BCUT2D eigenvalue weighted by atomic mass is 10.0. The van der Waals surface area contributed by atoms with Crippen LogP contribution in [0.2, 0.25) is 0 Å². The van der Waals surface area contributed by atoms with Gasteiger partial charge < -0.3 is 10.2 Å². The number of aryl methyl sites for hydroxylation is 2. The molecule has 0 aliphatic carbocycles. The zero-order valence-corrected chi connectivity index (χ0v) is 17.9. The summed E-state index contributed by atoms with van der Waals surface area (Å²) >= 11 is 0. The lowest BCUT2D eigenvalue weighted by Gasteiger charge is -2.26. The number of halogens is 2. The summed E-state index contributed by atoms with van der Waals surface area (Å²) in [5.74, 6) is 0.629. The van der Waals surface area contributed by atoms with E-state index in [0.29, 0.717) is 35.7 Å². The second kappa shape index (κ2) is 8.49. The second-order valence-electron chi connectivity index (χ2n) is 7.82. The average Bonchev–Trinajstić information content (AvgIpc) is 3.32. The summed E-state index contributed by atoms with van der Waals surface area (Å²) in [4.78, 5) is 13.7. The van der Waals surface area contributed by atoms with Gasteiger partial charge in [0.2, 0.25) is 5.91 Å². The van der Waals surface area contributed by atoms with E-state index < -0.39 is 6.43 Å². The number of hydrogen-bond acceptors (Lipinski definition) is 4. The number of carbonyl (C=O) groups excluding carboxylic acids is 1. The number of nitrogens with one attached hydrogen (secondary N) is 1. The second-order valence-corrected chi connectivity index (χ2v) is 7.82. The molecule has 3 heterocycles. The first-order valence-electron chi connectivity index (χ1n) is 10.4. The van der Waals surface area contributed by atoms with Crippen LogP contribution in [0.5, 0.6) is 0 Å². The van der Waals surface area contributed by atoms with E-state index in [4.69, 9.17) is 5.10 Å². The molecule has 4 rings (SSSR count). The molecule has 1 amide bonds. The minimum absolute atomic E-state index is 0.0145. The third-order valence-corrected chi connectivity index (χ3v) is 5.58. The summed E-state index contributed by atoms with van der Waals surface area (Å²) < 4.78 is 31.2. The molecule has 0 saturated carbocycles. The Balaban J connectivity index is 1.69. The van der Waals surface area contributed by atoms with E-state index in [2.05, 4.69) is 17.3 Å². The highest BCUT2D eigenvalue weighted by atomic mass is 19.3. The van der Waals surface area contributed by atoms with E-state index in [9.17, 15) is 13.6 Å². The molecule has 7 nitrogen and oxygen atoms in total. The first-order chi connectivity index (χ1) is 14.9.